The third-order valence-electron chi connectivity index (χ3n) is 23.7. The van der Waals surface area contributed by atoms with Gasteiger partial charge >= 0.3 is 0 Å². The predicted molar refractivity (Wildman–Crippen MR) is 518 cm³/mol. The summed E-state index contributed by atoms with van der Waals surface area (Å²) in [4.78, 5) is 273. The number of aliphatic hydroxyl groups is 1. The van der Waals surface area contributed by atoms with E-state index >= 15 is 24.0 Å². The molecule has 138 heavy (non-hydrogen) atoms. The number of carbonyl (C=O) groups excluding carboxylic acids is 19. The van der Waals surface area contributed by atoms with Gasteiger partial charge < -0.3 is 111 Å². The molecule has 22 N–H and O–H groups in total. The second-order valence-electron chi connectivity index (χ2n) is 37.5. The number of nitrogens with one attached hydrogen (secondary N) is 16. The van der Waals surface area contributed by atoms with Crippen LogP contribution in [0.2, 0.25) is 0 Å². The average molecular weight is 1930 g/mol. The fraction of sp³-hybridized carbons (Fsp3) is 0.582. The van der Waals surface area contributed by atoms with Gasteiger partial charge in [0.05, 0.1) is 42.7 Å². The first kappa shape index (κ1) is 118. The molecule has 3 aromatic carbocycles. The lowest BCUT2D eigenvalue weighted by molar-refractivity contribution is -0.140. The van der Waals surface area contributed by atoms with Gasteiger partial charge in [0, 0.05) is 61.8 Å². The number of hydrogen-bond acceptors (Lipinski definition) is 24. The first-order valence-electron chi connectivity index (χ1n) is 46.9. The summed E-state index contributed by atoms with van der Waals surface area (Å²) in [5.41, 5.74) is 9.24. The van der Waals surface area contributed by atoms with Crippen molar-refractivity contribution in [2.45, 2.75) is 310 Å². The zero-order chi connectivity index (χ0) is 102. The van der Waals surface area contributed by atoms with Gasteiger partial charge in [0.1, 0.15) is 71.2 Å². The van der Waals surface area contributed by atoms with Crippen LogP contribution >= 0.6 is 0 Å². The van der Waals surface area contributed by atoms with Crippen molar-refractivity contribution in [2.24, 2.45) is 35.1 Å². The third-order valence-corrected chi connectivity index (χ3v) is 23.7. The lowest BCUT2D eigenvalue weighted by Gasteiger charge is -2.33. The average Bonchev–Trinajstić information content (AvgIpc) is 1.75. The number of para-hydroxylation sites is 1. The fourth-order valence-corrected chi connectivity index (χ4v) is 15.2. The lowest BCUT2D eigenvalue weighted by Crippen LogP contribution is -2.65. The van der Waals surface area contributed by atoms with Crippen molar-refractivity contribution < 1.29 is 101 Å². The Kier molecular flexibility index (Phi) is 48.5. The second kappa shape index (κ2) is 56.9. The number of ketones is 4. The molecule has 0 bridgehead atoms. The fourth-order valence-electron chi connectivity index (χ4n) is 15.2. The molecule has 0 spiro atoms. The molecule has 1 aliphatic heterocycles. The summed E-state index contributed by atoms with van der Waals surface area (Å²) in [5, 5.41) is 62.4. The molecule has 15 amide bonds. The van der Waals surface area contributed by atoms with Gasteiger partial charge in [-0.05, 0) is 188 Å². The van der Waals surface area contributed by atoms with E-state index in [1.165, 1.54) is 100 Å². The Labute approximate surface area is 808 Å². The van der Waals surface area contributed by atoms with E-state index in [2.05, 4.69) is 84.7 Å². The number of nitrogens with two attached hydrogens (primary N) is 2. The van der Waals surface area contributed by atoms with Gasteiger partial charge in [0.25, 0.3) is 0 Å². The molecule has 2 heterocycles. The van der Waals surface area contributed by atoms with E-state index in [0.29, 0.717) is 59.7 Å². The number of aliphatic hydroxyl groups excluding tert-OH is 1. The number of aromatic nitrogens is 1. The molecule has 0 aliphatic carbocycles. The number of Topliss-reactive ketones (excluding diaryl/α,β-unsaturated/α-hetero) is 4. The van der Waals surface area contributed by atoms with Crippen molar-refractivity contribution in [1.82, 2.24) is 89.6 Å². The van der Waals surface area contributed by atoms with Crippen molar-refractivity contribution in [3.8, 4) is 5.75 Å². The van der Waals surface area contributed by atoms with Crippen molar-refractivity contribution in [1.29, 1.82) is 0 Å². The van der Waals surface area contributed by atoms with Crippen LogP contribution in [0.1, 0.15) is 211 Å². The van der Waals surface area contributed by atoms with Gasteiger partial charge in [-0.2, -0.15) is 0 Å². The molecule has 0 saturated carbocycles. The number of phenols is 1. The van der Waals surface area contributed by atoms with Gasteiger partial charge in [0.2, 0.25) is 112 Å². The van der Waals surface area contributed by atoms with E-state index < -0.39 is 226 Å². The van der Waals surface area contributed by atoms with Crippen molar-refractivity contribution in [2.75, 3.05) is 33.7 Å². The first-order valence-corrected chi connectivity index (χ1v) is 46.9. The number of primary amides is 2. The topological polar surface area (TPSA) is 616 Å². The molecule has 1 aromatic heterocycles. The molecule has 4 aromatic rings. The molecule has 762 valence electrons. The number of benzene rings is 3. The summed E-state index contributed by atoms with van der Waals surface area (Å²) in [7, 11) is 3.34. The molecule has 40 heteroatoms. The molecule has 4 unspecified atom stereocenters. The van der Waals surface area contributed by atoms with Crippen LogP contribution in [0.25, 0.3) is 10.9 Å². The Morgan fingerprint density at radius 1 is 0.536 bits per heavy atom. The zero-order valence-corrected chi connectivity index (χ0v) is 81.8. The van der Waals surface area contributed by atoms with E-state index in [0.717, 1.165) is 0 Å². The smallest absolute Gasteiger partial charge is 0.246 e. The van der Waals surface area contributed by atoms with Crippen molar-refractivity contribution in [3.63, 3.8) is 0 Å². The van der Waals surface area contributed by atoms with Gasteiger partial charge in [-0.25, -0.2) is 0 Å². The van der Waals surface area contributed by atoms with Crippen molar-refractivity contribution in [3.05, 3.63) is 114 Å². The largest absolute Gasteiger partial charge is 0.508 e. The number of rotatable bonds is 38. The van der Waals surface area contributed by atoms with Gasteiger partial charge in [0.15, 0.2) is 0 Å². The molecule has 0 fully saturated rings. The van der Waals surface area contributed by atoms with E-state index in [1.807, 2.05) is 39.8 Å². The van der Waals surface area contributed by atoms with Crippen LogP contribution in [0.5, 0.6) is 5.75 Å². The van der Waals surface area contributed by atoms with Crippen LogP contribution in [0.4, 0.5) is 0 Å². The number of likely N-dealkylation sites (N-methyl/N-ethyl adjacent to an activating group) is 1. The van der Waals surface area contributed by atoms with Crippen LogP contribution < -0.4 is 91.2 Å². The molecule has 0 saturated heterocycles. The highest BCUT2D eigenvalue weighted by atomic mass is 16.3. The van der Waals surface area contributed by atoms with Crippen LogP contribution in [0, 0.1) is 23.7 Å². The Bertz CT molecular complexity index is 4890. The third kappa shape index (κ3) is 38.7. The van der Waals surface area contributed by atoms with Gasteiger partial charge in [-0.1, -0.05) is 134 Å². The molecule has 1 aliphatic rings. The minimum Gasteiger partial charge on any atom is -0.508 e. The lowest BCUT2D eigenvalue weighted by atomic mass is 9.89. The molecule has 40 nitrogen and oxygen atoms in total. The van der Waals surface area contributed by atoms with E-state index in [-0.39, 0.29) is 109 Å². The number of phenolic OH excluding ortho intramolecular Hbond substituents is 1. The summed E-state index contributed by atoms with van der Waals surface area (Å²) in [6.07, 6.45) is 5.26. The van der Waals surface area contributed by atoms with E-state index in [9.17, 15) is 77.3 Å². The van der Waals surface area contributed by atoms with E-state index in [4.69, 9.17) is 11.5 Å². The molecule has 0 radical (unpaired) electrons. The number of H-pyrrole nitrogens is 1. The molecule has 18 atom stereocenters. The van der Waals surface area contributed by atoms with Gasteiger partial charge in [-0.3, -0.25) is 91.1 Å². The number of aromatic amines is 1. The Balaban J connectivity index is 0.0000398. The number of fused-ring (bicyclic) bond motifs is 1. The highest BCUT2D eigenvalue weighted by molar-refractivity contribution is 6.41. The van der Waals surface area contributed by atoms with Crippen LogP contribution in [-0.2, 0) is 110 Å². The number of carbonyl (C=O) groups is 19. The van der Waals surface area contributed by atoms with Crippen molar-refractivity contribution >= 4 is 123 Å². The number of hydrogen-bond donors (Lipinski definition) is 20. The Hall–Kier alpha value is -12.7. The monoisotopic (exact) mass is 1930 g/mol. The minimum atomic E-state index is -1.93. The standard InChI is InChI=1S/C97H145N19O21.CH4/c1-53(2)44-67-51-102-71(40-41-76(98)119)82(124)81(123)58(8)104-89(131)75(48-66-50-101-70-35-29-28-34-69(66)70)111-90(132)73(47-65-36-38-68(118)39-37-65)110-87(129)62(12)108-95(137)97(15,115-92(134)74(46-64-32-26-25-27-33-64)112-93(135)78(63(13)117)113-91(133)72(45-54(3)4)109-77(120)52-116(16)17)43-31-24-22-20-18-19-21-23-30-42-96(14,114-88(67)130)94(136)107-61(11)86(128)106-60(10)85(127)105-59(9)84(126)103-57(7)80(122)79(121)56(6)100-49-55(5)83(99)125;/h19,21,25-29,32-39,50,53-63,67,71-75,78,100-102,117-118H,18,20,22-24,30-31,40-49,51-52H2,1-17H3,(H2,98,119)(H2,99,125)(H,103,126)(H,104,131)(H,105,127)(H,106,128)(H,107,136)(H,108,137)(H,109,120)(H,110,129)(H,111,132)(H,112,135)(H,113,133)(H,114,130)(H,115,134);1H4/b21-19+;/t55-,56-,57-,58?,59?,60-,61?,62?,63+,67+,71-,72-,73-,74-,75-,78-,96-,97+;/m0./s1. The number of allylic oxidation sites excluding steroid dienone is 2. The maximum absolute atomic E-state index is 15.3. The number of nitrogens with zero attached hydrogens (tertiary/aromatic N) is 1. The first-order chi connectivity index (χ1) is 64.3. The normalized spacial score (nSPS) is 22.0. The summed E-state index contributed by atoms with van der Waals surface area (Å²) < 4.78 is 0. The number of amides is 15. The predicted octanol–water partition coefficient (Wildman–Crippen LogP) is 1.07. The molecular formula is C98H149N19O21. The molecular weight excluding hydrogens is 1780 g/mol. The Morgan fingerprint density at radius 3 is 1.70 bits per heavy atom. The summed E-state index contributed by atoms with van der Waals surface area (Å²) in [5.74, 6) is -19.1. The van der Waals surface area contributed by atoms with E-state index in [1.54, 1.807) is 79.8 Å². The zero-order valence-electron chi connectivity index (χ0n) is 81.8. The van der Waals surface area contributed by atoms with Gasteiger partial charge in [-0.15, -0.1) is 0 Å². The summed E-state index contributed by atoms with van der Waals surface area (Å²) in [6.45, 7) is 21.6. The number of aromatic hydroxyl groups is 1. The minimum absolute atomic E-state index is 0. The van der Waals surface area contributed by atoms with Crippen LogP contribution in [-0.4, -0.2) is 261 Å². The highest BCUT2D eigenvalue weighted by Gasteiger charge is 2.44. The summed E-state index contributed by atoms with van der Waals surface area (Å²) in [6, 6.07) is 2.42. The quantitative estimate of drug-likeness (QED) is 0.0220. The Morgan fingerprint density at radius 2 is 1.10 bits per heavy atom. The second-order valence-corrected chi connectivity index (χ2v) is 37.5. The SMILES string of the molecule is C.CC(C)C[C@@H]1CN[C@@H](CCC(N)=O)C(=O)C(=O)C(C)NC(=O)[C@H](Cc2c[nH]c3ccccc23)NC(=O)[C@H](Cc2ccc(O)cc2)NC(=O)C(C)NC(=O)[C@](C)(NC(=O)[C@H](Cc2ccccc2)NC(=O)[C@@H](NC(=O)[C@H](CC(C)C)NC(=O)CN(C)C)[C@@H](C)O)CCCCCC/C=C/CCC[C@@](C)(C(=O)NC(C)C(=O)N[C@@H](C)C(=O)NC(C)C(=O)N[C@@H](C)C(=O)C(=O)[C@H](C)NC[C@H](C)C(N)=O)NC1=O. The molecule has 5 rings (SSSR count). The summed E-state index contributed by atoms with van der Waals surface area (Å²) >= 11 is 0. The van der Waals surface area contributed by atoms with Crippen LogP contribution in [0.3, 0.4) is 0 Å². The maximum Gasteiger partial charge on any atom is 0.246 e. The highest BCUT2D eigenvalue weighted by Crippen LogP contribution is 2.25. The van der Waals surface area contributed by atoms with Crippen LogP contribution in [0.15, 0.2) is 97.2 Å². The maximum atomic E-state index is 15.3.